The maximum absolute atomic E-state index is 5.81. The van der Waals surface area contributed by atoms with Crippen molar-refractivity contribution in [2.45, 2.75) is 32.3 Å². The van der Waals surface area contributed by atoms with Crippen LogP contribution in [0.15, 0.2) is 24.3 Å². The van der Waals surface area contributed by atoms with E-state index in [2.05, 4.69) is 5.32 Å². The van der Waals surface area contributed by atoms with E-state index < -0.39 is 0 Å². The summed E-state index contributed by atoms with van der Waals surface area (Å²) in [4.78, 5) is 0. The molecule has 0 aliphatic carbocycles. The van der Waals surface area contributed by atoms with Crippen LogP contribution in [0.1, 0.15) is 31.2 Å². The molecule has 1 aromatic carbocycles. The predicted molar refractivity (Wildman–Crippen MR) is 73.5 cm³/mol. The monoisotopic (exact) mass is 255 g/mol. The van der Waals surface area contributed by atoms with Gasteiger partial charge >= 0.3 is 0 Å². The van der Waals surface area contributed by atoms with Crippen molar-refractivity contribution >= 4 is 11.6 Å². The average Bonchev–Trinajstić information content (AvgIpc) is 2.35. The molecule has 0 saturated heterocycles. The van der Waals surface area contributed by atoms with Gasteiger partial charge in [-0.1, -0.05) is 36.6 Å². The third kappa shape index (κ3) is 7.37. The first-order valence-corrected chi connectivity index (χ1v) is 6.67. The van der Waals surface area contributed by atoms with Crippen LogP contribution in [0.5, 0.6) is 0 Å². The Hall–Kier alpha value is -0.570. The van der Waals surface area contributed by atoms with Crippen molar-refractivity contribution in [3.8, 4) is 0 Å². The molecule has 0 unspecified atom stereocenters. The summed E-state index contributed by atoms with van der Waals surface area (Å²) in [6.45, 7) is 2.65. The van der Waals surface area contributed by atoms with E-state index in [0.717, 1.165) is 24.6 Å². The van der Waals surface area contributed by atoms with Crippen molar-refractivity contribution in [1.82, 2.24) is 5.32 Å². The van der Waals surface area contributed by atoms with Crippen LogP contribution >= 0.6 is 11.6 Å². The molecule has 3 heteroatoms. The summed E-state index contributed by atoms with van der Waals surface area (Å²) in [6, 6.07) is 7.82. The Balaban J connectivity index is 1.95. The molecule has 17 heavy (non-hydrogen) atoms. The zero-order valence-electron chi connectivity index (χ0n) is 10.5. The second kappa shape index (κ2) is 9.46. The van der Waals surface area contributed by atoms with Crippen LogP contribution in [0.3, 0.4) is 0 Å². The average molecular weight is 256 g/mol. The molecular formula is C14H22ClNO. The second-order valence-electron chi connectivity index (χ2n) is 4.20. The predicted octanol–water partition coefficient (Wildman–Crippen LogP) is 3.64. The fourth-order valence-electron chi connectivity index (χ4n) is 1.63. The highest BCUT2D eigenvalue weighted by atomic mass is 35.5. The first kappa shape index (κ1) is 14.5. The standard InChI is InChI=1S/C14H22ClNO/c1-16-10-4-2-3-5-11-17-12-13-6-8-14(15)9-7-13/h6-9,16H,2-5,10-12H2,1H3. The van der Waals surface area contributed by atoms with Gasteiger partial charge in [0, 0.05) is 11.6 Å². The van der Waals surface area contributed by atoms with E-state index in [9.17, 15) is 0 Å². The van der Waals surface area contributed by atoms with Gasteiger partial charge in [-0.05, 0) is 44.1 Å². The SMILES string of the molecule is CNCCCCCCOCc1ccc(Cl)cc1. The Labute approximate surface area is 109 Å². The van der Waals surface area contributed by atoms with Crippen molar-refractivity contribution in [1.29, 1.82) is 0 Å². The van der Waals surface area contributed by atoms with E-state index in [0.29, 0.717) is 6.61 Å². The summed E-state index contributed by atoms with van der Waals surface area (Å²) in [5, 5.41) is 3.93. The zero-order chi connectivity index (χ0) is 12.3. The Bertz CT molecular complexity index is 287. The molecule has 0 saturated carbocycles. The van der Waals surface area contributed by atoms with E-state index in [4.69, 9.17) is 16.3 Å². The Morgan fingerprint density at radius 1 is 1.06 bits per heavy atom. The smallest absolute Gasteiger partial charge is 0.0716 e. The molecule has 0 fully saturated rings. The van der Waals surface area contributed by atoms with Crippen LogP contribution in [0, 0.1) is 0 Å². The summed E-state index contributed by atoms with van der Waals surface area (Å²) in [5.74, 6) is 0. The first-order chi connectivity index (χ1) is 8.33. The molecule has 0 atom stereocenters. The topological polar surface area (TPSA) is 21.3 Å². The van der Waals surface area contributed by atoms with E-state index in [-0.39, 0.29) is 0 Å². The lowest BCUT2D eigenvalue weighted by molar-refractivity contribution is 0.117. The lowest BCUT2D eigenvalue weighted by Gasteiger charge is -2.04. The molecule has 96 valence electrons. The lowest BCUT2D eigenvalue weighted by Crippen LogP contribution is -2.07. The van der Waals surface area contributed by atoms with Crippen LogP contribution in [-0.4, -0.2) is 20.2 Å². The van der Waals surface area contributed by atoms with Crippen LogP contribution < -0.4 is 5.32 Å². The van der Waals surface area contributed by atoms with Crippen LogP contribution in [0.2, 0.25) is 5.02 Å². The third-order valence-electron chi connectivity index (χ3n) is 2.65. The highest BCUT2D eigenvalue weighted by Gasteiger charge is 1.94. The molecule has 0 bridgehead atoms. The molecule has 0 aliphatic heterocycles. The number of hydrogen-bond acceptors (Lipinski definition) is 2. The second-order valence-corrected chi connectivity index (χ2v) is 4.63. The van der Waals surface area contributed by atoms with Gasteiger partial charge in [-0.15, -0.1) is 0 Å². The van der Waals surface area contributed by atoms with Gasteiger partial charge in [0.1, 0.15) is 0 Å². The maximum atomic E-state index is 5.81. The van der Waals surface area contributed by atoms with Crippen molar-refractivity contribution < 1.29 is 4.74 Å². The van der Waals surface area contributed by atoms with Gasteiger partial charge in [-0.25, -0.2) is 0 Å². The highest BCUT2D eigenvalue weighted by Crippen LogP contribution is 2.10. The number of nitrogens with one attached hydrogen (secondary N) is 1. The van der Waals surface area contributed by atoms with Gasteiger partial charge in [0.05, 0.1) is 6.61 Å². The van der Waals surface area contributed by atoms with E-state index in [1.54, 1.807) is 0 Å². The summed E-state index contributed by atoms with van der Waals surface area (Å²) >= 11 is 5.81. The Kier molecular flexibility index (Phi) is 8.06. The molecule has 0 radical (unpaired) electrons. The number of benzene rings is 1. The van der Waals surface area contributed by atoms with Crippen LogP contribution in [-0.2, 0) is 11.3 Å². The number of ether oxygens (including phenoxy) is 1. The number of hydrogen-bond donors (Lipinski definition) is 1. The van der Waals surface area contributed by atoms with Gasteiger partial charge in [0.2, 0.25) is 0 Å². The third-order valence-corrected chi connectivity index (χ3v) is 2.90. The minimum absolute atomic E-state index is 0.688. The minimum Gasteiger partial charge on any atom is -0.377 e. The quantitative estimate of drug-likeness (QED) is 0.681. The first-order valence-electron chi connectivity index (χ1n) is 6.29. The molecule has 0 amide bonds. The zero-order valence-corrected chi connectivity index (χ0v) is 11.3. The molecule has 1 N–H and O–H groups in total. The van der Waals surface area contributed by atoms with Gasteiger partial charge in [-0.2, -0.15) is 0 Å². The maximum Gasteiger partial charge on any atom is 0.0716 e. The largest absolute Gasteiger partial charge is 0.377 e. The van der Waals surface area contributed by atoms with Crippen molar-refractivity contribution in [3.63, 3.8) is 0 Å². The lowest BCUT2D eigenvalue weighted by atomic mass is 10.2. The van der Waals surface area contributed by atoms with Crippen molar-refractivity contribution in [2.24, 2.45) is 0 Å². The van der Waals surface area contributed by atoms with Crippen LogP contribution in [0.4, 0.5) is 0 Å². The summed E-state index contributed by atoms with van der Waals surface area (Å²) < 4.78 is 5.61. The normalized spacial score (nSPS) is 10.7. The fraction of sp³-hybridized carbons (Fsp3) is 0.571. The van der Waals surface area contributed by atoms with E-state index >= 15 is 0 Å². The molecule has 1 aromatic rings. The molecule has 2 nitrogen and oxygen atoms in total. The summed E-state index contributed by atoms with van der Waals surface area (Å²) in [7, 11) is 2.00. The molecular weight excluding hydrogens is 234 g/mol. The number of rotatable bonds is 9. The number of halogens is 1. The molecule has 0 aromatic heterocycles. The van der Waals surface area contributed by atoms with Crippen LogP contribution in [0.25, 0.3) is 0 Å². The molecule has 1 rings (SSSR count). The van der Waals surface area contributed by atoms with Crippen molar-refractivity contribution in [3.05, 3.63) is 34.9 Å². The summed E-state index contributed by atoms with van der Waals surface area (Å²) in [5.41, 5.74) is 1.18. The van der Waals surface area contributed by atoms with E-state index in [1.165, 1.54) is 24.8 Å². The van der Waals surface area contributed by atoms with E-state index in [1.807, 2.05) is 31.3 Å². The van der Waals surface area contributed by atoms with Crippen molar-refractivity contribution in [2.75, 3.05) is 20.2 Å². The van der Waals surface area contributed by atoms with Gasteiger partial charge < -0.3 is 10.1 Å². The molecule has 0 aliphatic rings. The van der Waals surface area contributed by atoms with Gasteiger partial charge in [-0.3, -0.25) is 0 Å². The Morgan fingerprint density at radius 3 is 2.47 bits per heavy atom. The molecule has 0 heterocycles. The minimum atomic E-state index is 0.688. The van der Waals surface area contributed by atoms with Gasteiger partial charge in [0.25, 0.3) is 0 Å². The number of unbranched alkanes of at least 4 members (excludes halogenated alkanes) is 3. The fourth-order valence-corrected chi connectivity index (χ4v) is 1.76. The van der Waals surface area contributed by atoms with Gasteiger partial charge in [0.15, 0.2) is 0 Å². The Morgan fingerprint density at radius 2 is 1.76 bits per heavy atom. The molecule has 0 spiro atoms. The highest BCUT2D eigenvalue weighted by molar-refractivity contribution is 6.30. The summed E-state index contributed by atoms with van der Waals surface area (Å²) in [6.07, 6.45) is 4.94.